The third-order valence-corrected chi connectivity index (χ3v) is 6.27. The lowest BCUT2D eigenvalue weighted by atomic mass is 9.72. The van der Waals surface area contributed by atoms with Crippen molar-refractivity contribution in [1.29, 1.82) is 0 Å². The number of benzene rings is 1. The van der Waals surface area contributed by atoms with Crippen molar-refractivity contribution in [3.05, 3.63) is 66.0 Å². The molecule has 0 bridgehead atoms. The van der Waals surface area contributed by atoms with Crippen LogP contribution < -0.4 is 5.32 Å². The van der Waals surface area contributed by atoms with E-state index in [0.717, 1.165) is 50.0 Å². The normalized spacial score (nSPS) is 18.7. The number of nitrogens with one attached hydrogen (secondary N) is 1. The van der Waals surface area contributed by atoms with E-state index < -0.39 is 0 Å². The molecular formula is C23H28N4O2. The zero-order chi connectivity index (χ0) is 20.1. The molecule has 4 rings (SSSR count). The topological polar surface area (TPSA) is 65.5 Å². The highest BCUT2D eigenvalue weighted by atomic mass is 16.2. The van der Waals surface area contributed by atoms with Crippen molar-refractivity contribution in [2.45, 2.75) is 38.8 Å². The molecule has 1 spiro atoms. The molecule has 1 N–H and O–H groups in total. The summed E-state index contributed by atoms with van der Waals surface area (Å²) >= 11 is 0. The second-order valence-corrected chi connectivity index (χ2v) is 8.24. The Morgan fingerprint density at radius 1 is 1.00 bits per heavy atom. The summed E-state index contributed by atoms with van der Waals surface area (Å²) in [6.07, 6.45) is 6.97. The van der Waals surface area contributed by atoms with Gasteiger partial charge in [-0.15, -0.1) is 0 Å². The summed E-state index contributed by atoms with van der Waals surface area (Å²) in [6, 6.07) is 13.9. The van der Waals surface area contributed by atoms with Gasteiger partial charge < -0.3 is 15.1 Å². The second-order valence-electron chi connectivity index (χ2n) is 8.24. The van der Waals surface area contributed by atoms with Crippen LogP contribution in [-0.2, 0) is 17.9 Å². The lowest BCUT2D eigenvalue weighted by Crippen LogP contribution is -2.53. The minimum Gasteiger partial charge on any atom is -0.338 e. The Bertz CT molecular complexity index is 832. The standard InChI is InChI=1S/C23H28N4O2/c28-21-6-9-23(18-27(21)17-20-7-12-24-13-8-20)10-14-26(15-11-23)22(29)25-16-19-4-2-1-3-5-19/h1-5,7-8,12-13H,6,9-11,14-18H2,(H,25,29). The van der Waals surface area contributed by atoms with Crippen molar-refractivity contribution >= 4 is 11.9 Å². The van der Waals surface area contributed by atoms with Crippen molar-refractivity contribution in [2.24, 2.45) is 5.41 Å². The molecule has 2 fully saturated rings. The van der Waals surface area contributed by atoms with Gasteiger partial charge in [0.15, 0.2) is 0 Å². The van der Waals surface area contributed by atoms with Gasteiger partial charge in [-0.3, -0.25) is 9.78 Å². The SMILES string of the molecule is O=C1CCC2(CCN(C(=O)NCc3ccccc3)CC2)CN1Cc1ccncc1. The average Bonchev–Trinajstić information content (AvgIpc) is 2.77. The molecule has 3 amide bonds. The molecule has 0 saturated carbocycles. The molecule has 2 aliphatic heterocycles. The number of piperidine rings is 2. The monoisotopic (exact) mass is 392 g/mol. The van der Waals surface area contributed by atoms with Gasteiger partial charge in [-0.2, -0.15) is 0 Å². The van der Waals surface area contributed by atoms with Crippen molar-refractivity contribution in [2.75, 3.05) is 19.6 Å². The zero-order valence-corrected chi connectivity index (χ0v) is 16.7. The highest BCUT2D eigenvalue weighted by molar-refractivity contribution is 5.77. The summed E-state index contributed by atoms with van der Waals surface area (Å²) in [5, 5.41) is 3.03. The van der Waals surface area contributed by atoms with Gasteiger partial charge in [-0.05, 0) is 47.9 Å². The summed E-state index contributed by atoms with van der Waals surface area (Å²) in [6.45, 7) is 3.48. The minimum absolute atomic E-state index is 0.00392. The number of carbonyl (C=O) groups is 2. The van der Waals surface area contributed by atoms with E-state index in [2.05, 4.69) is 10.3 Å². The average molecular weight is 393 g/mol. The molecule has 6 heteroatoms. The van der Waals surface area contributed by atoms with Crippen LogP contribution in [0.4, 0.5) is 4.79 Å². The van der Waals surface area contributed by atoms with E-state index in [9.17, 15) is 9.59 Å². The molecule has 0 atom stereocenters. The molecule has 1 aromatic carbocycles. The number of hydrogen-bond acceptors (Lipinski definition) is 3. The molecule has 2 aromatic rings. The molecular weight excluding hydrogens is 364 g/mol. The number of carbonyl (C=O) groups excluding carboxylic acids is 2. The van der Waals surface area contributed by atoms with Crippen LogP contribution in [0.5, 0.6) is 0 Å². The highest BCUT2D eigenvalue weighted by Crippen LogP contribution is 2.40. The van der Waals surface area contributed by atoms with Gasteiger partial charge in [-0.1, -0.05) is 30.3 Å². The summed E-state index contributed by atoms with van der Waals surface area (Å²) < 4.78 is 0. The second kappa shape index (κ2) is 8.64. The van der Waals surface area contributed by atoms with Crippen LogP contribution in [0, 0.1) is 5.41 Å². The molecule has 6 nitrogen and oxygen atoms in total. The summed E-state index contributed by atoms with van der Waals surface area (Å²) in [4.78, 5) is 33.0. The van der Waals surface area contributed by atoms with Crippen LogP contribution in [-0.4, -0.2) is 46.4 Å². The van der Waals surface area contributed by atoms with E-state index in [1.807, 2.05) is 52.3 Å². The van der Waals surface area contributed by atoms with Crippen molar-refractivity contribution < 1.29 is 9.59 Å². The number of urea groups is 1. The number of amides is 3. The van der Waals surface area contributed by atoms with Crippen LogP contribution in [0.15, 0.2) is 54.9 Å². The maximum atomic E-state index is 12.5. The maximum absolute atomic E-state index is 12.5. The first-order valence-corrected chi connectivity index (χ1v) is 10.4. The van der Waals surface area contributed by atoms with Crippen molar-refractivity contribution in [3.8, 4) is 0 Å². The van der Waals surface area contributed by atoms with Gasteiger partial charge in [-0.25, -0.2) is 4.79 Å². The first-order valence-electron chi connectivity index (χ1n) is 10.4. The number of nitrogens with zero attached hydrogens (tertiary/aromatic N) is 3. The maximum Gasteiger partial charge on any atom is 0.317 e. The van der Waals surface area contributed by atoms with E-state index in [4.69, 9.17) is 0 Å². The van der Waals surface area contributed by atoms with E-state index in [1.54, 1.807) is 12.4 Å². The number of hydrogen-bond donors (Lipinski definition) is 1. The first kappa shape index (κ1) is 19.4. The van der Waals surface area contributed by atoms with Crippen LogP contribution in [0.3, 0.4) is 0 Å². The molecule has 2 aliphatic rings. The molecule has 0 aliphatic carbocycles. The van der Waals surface area contributed by atoms with Crippen LogP contribution >= 0.6 is 0 Å². The van der Waals surface area contributed by atoms with E-state index in [1.165, 1.54) is 0 Å². The summed E-state index contributed by atoms with van der Waals surface area (Å²) in [5.74, 6) is 0.232. The Hall–Kier alpha value is -2.89. The lowest BCUT2D eigenvalue weighted by Gasteiger charge is -2.47. The number of rotatable bonds is 4. The molecule has 29 heavy (non-hydrogen) atoms. The lowest BCUT2D eigenvalue weighted by molar-refractivity contribution is -0.139. The molecule has 1 aromatic heterocycles. The molecule has 2 saturated heterocycles. The number of pyridine rings is 1. The quantitative estimate of drug-likeness (QED) is 0.869. The van der Waals surface area contributed by atoms with Crippen molar-refractivity contribution in [1.82, 2.24) is 20.1 Å². The van der Waals surface area contributed by atoms with Crippen LogP contribution in [0.2, 0.25) is 0 Å². The van der Waals surface area contributed by atoms with Gasteiger partial charge in [0.25, 0.3) is 0 Å². The first-order chi connectivity index (χ1) is 14.1. The Kier molecular flexibility index (Phi) is 5.79. The molecule has 0 unspecified atom stereocenters. The van der Waals surface area contributed by atoms with Crippen LogP contribution in [0.1, 0.15) is 36.8 Å². The molecule has 3 heterocycles. The van der Waals surface area contributed by atoms with Gasteiger partial charge in [0.1, 0.15) is 0 Å². The smallest absolute Gasteiger partial charge is 0.317 e. The summed E-state index contributed by atoms with van der Waals surface area (Å²) in [5.41, 5.74) is 2.35. The zero-order valence-electron chi connectivity index (χ0n) is 16.7. The van der Waals surface area contributed by atoms with Gasteiger partial charge in [0.2, 0.25) is 5.91 Å². The Labute approximate surface area is 171 Å². The van der Waals surface area contributed by atoms with E-state index >= 15 is 0 Å². The Morgan fingerprint density at radius 3 is 2.45 bits per heavy atom. The van der Waals surface area contributed by atoms with Gasteiger partial charge in [0, 0.05) is 51.5 Å². The van der Waals surface area contributed by atoms with Crippen LogP contribution in [0.25, 0.3) is 0 Å². The fourth-order valence-corrected chi connectivity index (χ4v) is 4.43. The number of aromatic nitrogens is 1. The fourth-order valence-electron chi connectivity index (χ4n) is 4.43. The minimum atomic E-state index is 0.00392. The van der Waals surface area contributed by atoms with E-state index in [-0.39, 0.29) is 17.4 Å². The Balaban J connectivity index is 1.30. The summed E-state index contributed by atoms with van der Waals surface area (Å²) in [7, 11) is 0. The molecule has 152 valence electrons. The van der Waals surface area contributed by atoms with Crippen molar-refractivity contribution in [3.63, 3.8) is 0 Å². The largest absolute Gasteiger partial charge is 0.338 e. The van der Waals surface area contributed by atoms with E-state index in [0.29, 0.717) is 19.5 Å². The third-order valence-electron chi connectivity index (χ3n) is 6.27. The fraction of sp³-hybridized carbons (Fsp3) is 0.435. The van der Waals surface area contributed by atoms with Gasteiger partial charge >= 0.3 is 6.03 Å². The Morgan fingerprint density at radius 2 is 1.72 bits per heavy atom. The predicted octanol–water partition coefficient (Wildman–Crippen LogP) is 3.20. The number of likely N-dealkylation sites (tertiary alicyclic amines) is 2. The third kappa shape index (κ3) is 4.75. The molecule has 0 radical (unpaired) electrons. The highest BCUT2D eigenvalue weighted by Gasteiger charge is 2.41. The predicted molar refractivity (Wildman–Crippen MR) is 111 cm³/mol. The van der Waals surface area contributed by atoms with Gasteiger partial charge in [0.05, 0.1) is 0 Å².